The van der Waals surface area contributed by atoms with Crippen molar-refractivity contribution in [2.75, 3.05) is 0 Å². The number of aryl methyl sites for hydroxylation is 2. The Labute approximate surface area is 160 Å². The van der Waals surface area contributed by atoms with Crippen LogP contribution in [0, 0.1) is 10.8 Å². The minimum Gasteiger partial charge on any atom is -0.508 e. The fourth-order valence-electron chi connectivity index (χ4n) is 4.35. The van der Waals surface area contributed by atoms with Gasteiger partial charge >= 0.3 is 0 Å². The van der Waals surface area contributed by atoms with Crippen LogP contribution in [0.2, 0.25) is 0 Å². The first-order valence-electron chi connectivity index (χ1n) is 11.0. The number of aromatic hydroxyl groups is 2. The Morgan fingerprint density at radius 1 is 0.769 bits per heavy atom. The third-order valence-electron chi connectivity index (χ3n) is 7.22. The smallest absolute Gasteiger partial charge is 0.122 e. The number of rotatable bonds is 12. The van der Waals surface area contributed by atoms with Crippen molar-refractivity contribution in [2.24, 2.45) is 10.8 Å². The Kier molecular flexibility index (Phi) is 6.20. The predicted molar refractivity (Wildman–Crippen MR) is 109 cm³/mol. The normalized spacial score (nSPS) is 19.5. The first-order chi connectivity index (χ1) is 12.5. The number of benzene rings is 1. The van der Waals surface area contributed by atoms with Crippen molar-refractivity contribution in [1.82, 2.24) is 0 Å². The molecular weight excluding hydrogens is 320 g/mol. The van der Waals surface area contributed by atoms with E-state index in [1.807, 2.05) is 0 Å². The zero-order valence-electron chi connectivity index (χ0n) is 16.9. The molecule has 0 bridgehead atoms. The lowest BCUT2D eigenvalue weighted by molar-refractivity contribution is 0.419. The summed E-state index contributed by atoms with van der Waals surface area (Å²) in [6.07, 6.45) is 17.6. The number of hydrogen-bond donors (Lipinski definition) is 2. The highest BCUT2D eigenvalue weighted by atomic mass is 16.3. The van der Waals surface area contributed by atoms with Gasteiger partial charge in [-0.05, 0) is 92.2 Å². The van der Waals surface area contributed by atoms with Gasteiger partial charge in [0.05, 0.1) is 0 Å². The van der Waals surface area contributed by atoms with Crippen molar-refractivity contribution >= 4 is 0 Å². The van der Waals surface area contributed by atoms with Crippen LogP contribution >= 0.6 is 0 Å². The van der Waals surface area contributed by atoms with Crippen LogP contribution in [0.4, 0.5) is 0 Å². The van der Waals surface area contributed by atoms with Gasteiger partial charge in [0.25, 0.3) is 0 Å². The van der Waals surface area contributed by atoms with E-state index in [0.717, 1.165) is 36.8 Å². The van der Waals surface area contributed by atoms with Crippen LogP contribution < -0.4 is 0 Å². The highest BCUT2D eigenvalue weighted by molar-refractivity contribution is 5.45. The molecule has 26 heavy (non-hydrogen) atoms. The van der Waals surface area contributed by atoms with Gasteiger partial charge in [-0.25, -0.2) is 0 Å². The molecule has 3 rings (SSSR count). The molecule has 0 radical (unpaired) electrons. The van der Waals surface area contributed by atoms with Crippen LogP contribution in [0.5, 0.6) is 11.5 Å². The van der Waals surface area contributed by atoms with E-state index in [1.165, 1.54) is 64.2 Å². The standard InChI is InChI=1S/C24H38O2/c1-3-24(15-16-24)12-7-4-5-9-19-17-20(22(26)18-21(19)25)10-6-8-11-23(2)13-14-23/h17-18,25-26H,3-16H2,1-2H3. The molecule has 0 unspecified atom stereocenters. The maximum absolute atomic E-state index is 10.2. The first-order valence-corrected chi connectivity index (χ1v) is 11.0. The molecule has 1 aromatic rings. The van der Waals surface area contributed by atoms with Crippen molar-refractivity contribution in [3.63, 3.8) is 0 Å². The van der Waals surface area contributed by atoms with E-state index in [-0.39, 0.29) is 11.5 Å². The zero-order valence-corrected chi connectivity index (χ0v) is 16.9. The van der Waals surface area contributed by atoms with Gasteiger partial charge in [-0.1, -0.05) is 39.5 Å². The number of phenols is 2. The number of unbranched alkanes of at least 4 members (excludes halogenated alkanes) is 3. The van der Waals surface area contributed by atoms with E-state index < -0.39 is 0 Å². The van der Waals surface area contributed by atoms with Crippen LogP contribution in [0.25, 0.3) is 0 Å². The monoisotopic (exact) mass is 358 g/mol. The van der Waals surface area contributed by atoms with E-state index in [9.17, 15) is 10.2 Å². The molecule has 0 amide bonds. The fourth-order valence-corrected chi connectivity index (χ4v) is 4.35. The third-order valence-corrected chi connectivity index (χ3v) is 7.22. The van der Waals surface area contributed by atoms with Gasteiger partial charge in [-0.3, -0.25) is 0 Å². The fraction of sp³-hybridized carbons (Fsp3) is 0.750. The summed E-state index contributed by atoms with van der Waals surface area (Å²) >= 11 is 0. The summed E-state index contributed by atoms with van der Waals surface area (Å²) in [5.74, 6) is 0.534. The van der Waals surface area contributed by atoms with Crippen LogP contribution in [-0.4, -0.2) is 10.2 Å². The summed E-state index contributed by atoms with van der Waals surface area (Å²) in [5, 5.41) is 20.3. The molecular formula is C24H38O2. The van der Waals surface area contributed by atoms with Crippen molar-refractivity contribution in [3.05, 3.63) is 23.3 Å². The highest BCUT2D eigenvalue weighted by Gasteiger charge is 2.39. The van der Waals surface area contributed by atoms with Crippen LogP contribution in [0.15, 0.2) is 12.1 Å². The van der Waals surface area contributed by atoms with Crippen molar-refractivity contribution in [1.29, 1.82) is 0 Å². The minimum atomic E-state index is 0.266. The van der Waals surface area contributed by atoms with Crippen LogP contribution in [0.3, 0.4) is 0 Å². The lowest BCUT2D eigenvalue weighted by Gasteiger charge is -2.13. The van der Waals surface area contributed by atoms with E-state index in [2.05, 4.69) is 19.9 Å². The summed E-state index contributed by atoms with van der Waals surface area (Å²) in [5.41, 5.74) is 3.36. The lowest BCUT2D eigenvalue weighted by Crippen LogP contribution is -1.98. The minimum absolute atomic E-state index is 0.266. The first kappa shape index (κ1) is 19.6. The van der Waals surface area contributed by atoms with E-state index in [0.29, 0.717) is 10.8 Å². The van der Waals surface area contributed by atoms with E-state index >= 15 is 0 Å². The van der Waals surface area contributed by atoms with E-state index in [4.69, 9.17) is 0 Å². The number of hydrogen-bond acceptors (Lipinski definition) is 2. The maximum Gasteiger partial charge on any atom is 0.122 e. The van der Waals surface area contributed by atoms with Crippen molar-refractivity contribution in [2.45, 2.75) is 104 Å². The van der Waals surface area contributed by atoms with Gasteiger partial charge in [0.1, 0.15) is 11.5 Å². The van der Waals surface area contributed by atoms with E-state index in [1.54, 1.807) is 6.07 Å². The quantitative estimate of drug-likeness (QED) is 0.399. The van der Waals surface area contributed by atoms with Crippen molar-refractivity contribution < 1.29 is 10.2 Å². The molecule has 0 aliphatic heterocycles. The van der Waals surface area contributed by atoms with Crippen LogP contribution in [0.1, 0.15) is 102 Å². The molecule has 2 heteroatoms. The summed E-state index contributed by atoms with van der Waals surface area (Å²) in [6, 6.07) is 3.61. The molecule has 2 fully saturated rings. The molecule has 0 heterocycles. The van der Waals surface area contributed by atoms with Gasteiger partial charge in [-0.15, -0.1) is 0 Å². The largest absolute Gasteiger partial charge is 0.508 e. The van der Waals surface area contributed by atoms with Crippen LogP contribution in [-0.2, 0) is 12.8 Å². The highest BCUT2D eigenvalue weighted by Crippen LogP contribution is 2.52. The van der Waals surface area contributed by atoms with Gasteiger partial charge < -0.3 is 10.2 Å². The van der Waals surface area contributed by atoms with Gasteiger partial charge in [0.2, 0.25) is 0 Å². The molecule has 146 valence electrons. The Morgan fingerprint density at radius 3 is 1.88 bits per heavy atom. The average Bonchev–Trinajstić information content (AvgIpc) is 3.53. The van der Waals surface area contributed by atoms with Gasteiger partial charge in [-0.2, -0.15) is 0 Å². The third kappa shape index (κ3) is 5.41. The molecule has 2 N–H and O–H groups in total. The second-order valence-electron chi connectivity index (χ2n) is 9.54. The molecule has 2 aliphatic carbocycles. The Bertz CT molecular complexity index is 596. The molecule has 0 saturated heterocycles. The summed E-state index contributed by atoms with van der Waals surface area (Å²) in [6.45, 7) is 4.71. The lowest BCUT2D eigenvalue weighted by atomic mass is 9.94. The maximum atomic E-state index is 10.2. The Morgan fingerprint density at radius 2 is 1.35 bits per heavy atom. The summed E-state index contributed by atoms with van der Waals surface area (Å²) in [4.78, 5) is 0. The Balaban J connectivity index is 1.41. The Hall–Kier alpha value is -1.18. The molecule has 2 saturated carbocycles. The molecule has 1 aromatic carbocycles. The number of phenolic OH excluding ortho intramolecular Hbond substituents is 2. The van der Waals surface area contributed by atoms with Gasteiger partial charge in [0.15, 0.2) is 0 Å². The summed E-state index contributed by atoms with van der Waals surface area (Å²) < 4.78 is 0. The zero-order chi connectivity index (χ0) is 18.6. The predicted octanol–water partition coefficient (Wildman–Crippen LogP) is 6.90. The average molecular weight is 359 g/mol. The van der Waals surface area contributed by atoms with Crippen molar-refractivity contribution in [3.8, 4) is 11.5 Å². The summed E-state index contributed by atoms with van der Waals surface area (Å²) in [7, 11) is 0. The molecule has 2 nitrogen and oxygen atoms in total. The second kappa shape index (κ2) is 8.23. The molecule has 0 aromatic heterocycles. The topological polar surface area (TPSA) is 40.5 Å². The van der Waals surface area contributed by atoms with Gasteiger partial charge in [0, 0.05) is 6.07 Å². The SMILES string of the molecule is CCC1(CCCCCc2cc(CCCCC3(C)CC3)c(O)cc2O)CC1. The molecule has 0 atom stereocenters. The second-order valence-corrected chi connectivity index (χ2v) is 9.54. The molecule has 0 spiro atoms. The molecule has 2 aliphatic rings.